The number of benzene rings is 3. The Balaban J connectivity index is 1.14. The number of hydrogen-bond donors (Lipinski definition) is 1. The molecule has 1 aromatic heterocycles. The molecule has 1 amide bonds. The van der Waals surface area contributed by atoms with Gasteiger partial charge < -0.3 is 19.5 Å². The molecule has 1 saturated heterocycles. The Bertz CT molecular complexity index is 1540. The number of rotatable bonds is 7. The molecule has 8 heteroatoms. The van der Waals surface area contributed by atoms with Crippen molar-refractivity contribution in [3.05, 3.63) is 130 Å². The van der Waals surface area contributed by atoms with Crippen molar-refractivity contribution in [3.63, 3.8) is 0 Å². The highest BCUT2D eigenvalue weighted by Gasteiger charge is 2.15. The third-order valence-corrected chi connectivity index (χ3v) is 8.22. The van der Waals surface area contributed by atoms with Gasteiger partial charge in [-0.05, 0) is 58.1 Å². The maximum atomic E-state index is 13.3. The first kappa shape index (κ1) is 30.9. The van der Waals surface area contributed by atoms with Gasteiger partial charge in [-0.15, -0.1) is 0 Å². The highest BCUT2D eigenvalue weighted by atomic mass is 16.5. The molecule has 0 aliphatic carbocycles. The molecule has 3 heterocycles. The van der Waals surface area contributed by atoms with E-state index in [0.29, 0.717) is 38.3 Å². The Morgan fingerprint density at radius 1 is 0.733 bits per heavy atom. The van der Waals surface area contributed by atoms with Gasteiger partial charge in [0.1, 0.15) is 12.4 Å². The van der Waals surface area contributed by atoms with Gasteiger partial charge in [0, 0.05) is 64.0 Å². The van der Waals surface area contributed by atoms with E-state index >= 15 is 0 Å². The first-order valence-corrected chi connectivity index (χ1v) is 15.9. The minimum Gasteiger partial charge on any atom is -0.491 e. The van der Waals surface area contributed by atoms with Crippen molar-refractivity contribution in [2.45, 2.75) is 32.6 Å². The number of carbonyl (C=O) groups excluding carboxylic acids is 1. The summed E-state index contributed by atoms with van der Waals surface area (Å²) in [5.74, 6) is 0.684. The highest BCUT2D eigenvalue weighted by Crippen LogP contribution is 2.25. The summed E-state index contributed by atoms with van der Waals surface area (Å²) in [7, 11) is 0. The minimum absolute atomic E-state index is 0.0990. The maximum Gasteiger partial charge on any atom is 0.251 e. The number of amides is 1. The van der Waals surface area contributed by atoms with Crippen LogP contribution in [-0.2, 0) is 42.1 Å². The minimum atomic E-state index is -0.0990. The predicted octanol–water partition coefficient (Wildman–Crippen LogP) is 4.85. The van der Waals surface area contributed by atoms with Crippen LogP contribution in [0.1, 0.15) is 43.9 Å². The van der Waals surface area contributed by atoms with E-state index in [1.54, 1.807) is 0 Å². The molecule has 6 rings (SSSR count). The molecule has 8 nitrogen and oxygen atoms in total. The number of ether oxygens (including phenoxy) is 3. The second kappa shape index (κ2) is 15.8. The first-order valence-electron chi connectivity index (χ1n) is 15.9. The Morgan fingerprint density at radius 3 is 2.40 bits per heavy atom. The molecule has 234 valence electrons. The van der Waals surface area contributed by atoms with Crippen molar-refractivity contribution < 1.29 is 19.0 Å². The summed E-state index contributed by atoms with van der Waals surface area (Å²) in [5, 5.41) is 3.12. The molecule has 4 aromatic rings. The zero-order valence-electron chi connectivity index (χ0n) is 25.8. The number of nitrogens with one attached hydrogen (secondary N) is 1. The summed E-state index contributed by atoms with van der Waals surface area (Å²) in [6, 6.07) is 28.9. The monoisotopic (exact) mass is 606 g/mol. The molecule has 2 aliphatic heterocycles. The van der Waals surface area contributed by atoms with Crippen LogP contribution in [0.15, 0.2) is 91.1 Å². The molecule has 2 bridgehead atoms. The molecule has 1 N–H and O–H groups in total. The largest absolute Gasteiger partial charge is 0.491 e. The molecule has 0 unspecified atom stereocenters. The van der Waals surface area contributed by atoms with E-state index in [-0.39, 0.29) is 5.91 Å². The van der Waals surface area contributed by atoms with Crippen LogP contribution in [0.3, 0.4) is 0 Å². The van der Waals surface area contributed by atoms with Gasteiger partial charge in [0.2, 0.25) is 0 Å². The fourth-order valence-corrected chi connectivity index (χ4v) is 5.90. The van der Waals surface area contributed by atoms with Crippen LogP contribution < -0.4 is 10.1 Å². The lowest BCUT2D eigenvalue weighted by molar-refractivity contribution is 0.0342. The molecule has 3 aromatic carbocycles. The van der Waals surface area contributed by atoms with Gasteiger partial charge in [0.25, 0.3) is 5.91 Å². The van der Waals surface area contributed by atoms with Crippen LogP contribution in [0.4, 0.5) is 0 Å². The summed E-state index contributed by atoms with van der Waals surface area (Å²) in [6.45, 7) is 8.73. The van der Waals surface area contributed by atoms with Crippen LogP contribution in [0.2, 0.25) is 0 Å². The third-order valence-electron chi connectivity index (χ3n) is 8.22. The van der Waals surface area contributed by atoms with E-state index < -0.39 is 0 Å². The highest BCUT2D eigenvalue weighted by molar-refractivity contribution is 5.94. The van der Waals surface area contributed by atoms with Crippen LogP contribution in [0.5, 0.6) is 5.75 Å². The van der Waals surface area contributed by atoms with Crippen molar-refractivity contribution in [1.29, 1.82) is 0 Å². The lowest BCUT2D eigenvalue weighted by Crippen LogP contribution is -2.35. The number of nitrogens with zero attached hydrogens (tertiary/aromatic N) is 3. The second-order valence-corrected chi connectivity index (χ2v) is 11.7. The van der Waals surface area contributed by atoms with Crippen LogP contribution in [-0.4, -0.2) is 73.4 Å². The summed E-state index contributed by atoms with van der Waals surface area (Å²) in [6.07, 6.45) is 2.50. The number of hydrogen-bond acceptors (Lipinski definition) is 7. The summed E-state index contributed by atoms with van der Waals surface area (Å²) in [4.78, 5) is 22.6. The Kier molecular flexibility index (Phi) is 10.8. The summed E-state index contributed by atoms with van der Waals surface area (Å²) < 4.78 is 17.6. The molecule has 0 spiro atoms. The quantitative estimate of drug-likeness (QED) is 0.323. The van der Waals surface area contributed by atoms with E-state index in [1.165, 1.54) is 16.7 Å². The van der Waals surface area contributed by atoms with Gasteiger partial charge in [-0.2, -0.15) is 0 Å². The van der Waals surface area contributed by atoms with Crippen molar-refractivity contribution in [1.82, 2.24) is 20.1 Å². The van der Waals surface area contributed by atoms with Gasteiger partial charge in [0.15, 0.2) is 0 Å². The van der Waals surface area contributed by atoms with Crippen molar-refractivity contribution in [2.24, 2.45) is 0 Å². The predicted molar refractivity (Wildman–Crippen MR) is 174 cm³/mol. The average molecular weight is 607 g/mol. The first-order chi connectivity index (χ1) is 22.2. The second-order valence-electron chi connectivity index (χ2n) is 11.7. The van der Waals surface area contributed by atoms with E-state index in [9.17, 15) is 4.79 Å². The van der Waals surface area contributed by atoms with Crippen LogP contribution in [0.25, 0.3) is 0 Å². The van der Waals surface area contributed by atoms with Crippen molar-refractivity contribution in [2.75, 3.05) is 52.7 Å². The van der Waals surface area contributed by atoms with Gasteiger partial charge in [-0.3, -0.25) is 19.6 Å². The molecular weight excluding hydrogens is 564 g/mol. The number of aromatic nitrogens is 1. The Hall–Kier alpha value is -4.08. The van der Waals surface area contributed by atoms with Gasteiger partial charge >= 0.3 is 0 Å². The summed E-state index contributed by atoms with van der Waals surface area (Å²) >= 11 is 0. The van der Waals surface area contributed by atoms with E-state index in [4.69, 9.17) is 14.2 Å². The third kappa shape index (κ3) is 9.22. The smallest absolute Gasteiger partial charge is 0.251 e. The fourth-order valence-electron chi connectivity index (χ4n) is 5.90. The van der Waals surface area contributed by atoms with E-state index in [2.05, 4.69) is 74.7 Å². The topological polar surface area (TPSA) is 76.2 Å². The molecule has 1 fully saturated rings. The number of fused-ring (bicyclic) bond motifs is 3. The lowest BCUT2D eigenvalue weighted by Gasteiger charge is -2.26. The lowest BCUT2D eigenvalue weighted by atomic mass is 9.99. The molecule has 0 atom stereocenters. The van der Waals surface area contributed by atoms with Crippen LogP contribution in [0, 0.1) is 0 Å². The summed E-state index contributed by atoms with van der Waals surface area (Å²) in [5.41, 5.74) is 7.39. The molecule has 2 aliphatic rings. The van der Waals surface area contributed by atoms with Crippen LogP contribution >= 0.6 is 0 Å². The maximum absolute atomic E-state index is 13.3. The van der Waals surface area contributed by atoms with Gasteiger partial charge in [0.05, 0.1) is 32.1 Å². The molecule has 0 radical (unpaired) electrons. The number of morpholine rings is 1. The molecular formula is C37H42N4O4. The standard InChI is InChI=1S/C37H42N4O4/c42-37(39-25-30-6-4-8-32(22-30)26-40-13-16-43-17-14-40)33-10-11-36-34(24-33)23-29-5-3-7-31(21-29)27-41(15-18-44-19-20-45-36)28-35-9-1-2-12-38-35/h1-12,21-22,24H,13-20,23,25-28H2,(H,39,42). The van der Waals surface area contributed by atoms with Gasteiger partial charge in [-0.25, -0.2) is 0 Å². The van der Waals surface area contributed by atoms with Gasteiger partial charge in [-0.1, -0.05) is 54.6 Å². The number of carbonyl (C=O) groups is 1. The Labute approximate surface area is 265 Å². The Morgan fingerprint density at radius 2 is 1.53 bits per heavy atom. The zero-order chi connectivity index (χ0) is 30.7. The van der Waals surface area contributed by atoms with E-state index in [1.807, 2.05) is 36.5 Å². The molecule has 45 heavy (non-hydrogen) atoms. The fraction of sp³-hybridized carbons (Fsp3) is 0.351. The molecule has 0 saturated carbocycles. The van der Waals surface area contributed by atoms with Crippen molar-refractivity contribution >= 4 is 5.91 Å². The zero-order valence-corrected chi connectivity index (χ0v) is 25.8. The number of pyridine rings is 1. The normalized spacial score (nSPS) is 16.6. The van der Waals surface area contributed by atoms with E-state index in [0.717, 1.165) is 75.1 Å². The SMILES string of the molecule is O=C(NCc1cccc(CN2CCOCC2)c1)c1ccc2c(c1)Cc1cccc(c1)CN(Cc1ccccn1)CCOCCO2. The van der Waals surface area contributed by atoms with Crippen molar-refractivity contribution in [3.8, 4) is 5.75 Å². The average Bonchev–Trinajstić information content (AvgIpc) is 3.06.